The van der Waals surface area contributed by atoms with Crippen molar-refractivity contribution in [3.8, 4) is 11.1 Å². The molecule has 0 radical (unpaired) electrons. The van der Waals surface area contributed by atoms with Gasteiger partial charge in [0, 0.05) is 12.1 Å². The third kappa shape index (κ3) is 2.68. The molecule has 0 saturated heterocycles. The van der Waals surface area contributed by atoms with E-state index in [0.29, 0.717) is 0 Å². The number of nitrogens with zero attached hydrogens (tertiary/aromatic N) is 2. The minimum absolute atomic E-state index is 0.212. The van der Waals surface area contributed by atoms with E-state index in [0.717, 1.165) is 12.1 Å². The summed E-state index contributed by atoms with van der Waals surface area (Å²) in [7, 11) is 0. The highest BCUT2D eigenvalue weighted by Gasteiger charge is 2.29. The van der Waals surface area contributed by atoms with E-state index >= 15 is 0 Å². The summed E-state index contributed by atoms with van der Waals surface area (Å²) in [4.78, 5) is 31.6. The second kappa shape index (κ2) is 5.37. The van der Waals surface area contributed by atoms with Crippen molar-refractivity contribution in [1.82, 2.24) is 0 Å². The van der Waals surface area contributed by atoms with Crippen LogP contribution in [-0.4, -0.2) is 20.9 Å². The van der Waals surface area contributed by atoms with Crippen molar-refractivity contribution in [1.29, 1.82) is 0 Å². The predicted octanol–water partition coefficient (Wildman–Crippen LogP) is 2.87. The van der Waals surface area contributed by atoms with Gasteiger partial charge in [0.2, 0.25) is 0 Å². The zero-order chi connectivity index (χ0) is 15.6. The maximum Gasteiger partial charge on any atom is 0.336 e. The molecule has 0 aromatic heterocycles. The second-order valence-electron chi connectivity index (χ2n) is 4.07. The van der Waals surface area contributed by atoms with Gasteiger partial charge in [0.1, 0.15) is 5.56 Å². The first kappa shape index (κ1) is 14.1. The van der Waals surface area contributed by atoms with Crippen LogP contribution in [0.1, 0.15) is 10.4 Å². The normalized spacial score (nSPS) is 10.1. The van der Waals surface area contributed by atoms with E-state index in [9.17, 15) is 25.0 Å². The first-order valence-electron chi connectivity index (χ1n) is 5.67. The fourth-order valence-electron chi connectivity index (χ4n) is 1.92. The minimum Gasteiger partial charge on any atom is -0.478 e. The minimum atomic E-state index is -1.47. The Kier molecular flexibility index (Phi) is 3.61. The lowest BCUT2D eigenvalue weighted by Crippen LogP contribution is -2.03. The van der Waals surface area contributed by atoms with Gasteiger partial charge in [-0.3, -0.25) is 20.2 Å². The van der Waals surface area contributed by atoms with Gasteiger partial charge in [-0.1, -0.05) is 30.3 Å². The highest BCUT2D eigenvalue weighted by Crippen LogP contribution is 2.39. The largest absolute Gasteiger partial charge is 0.478 e. The standard InChI is InChI=1S/C13H8N2O6/c16-13(17)9-6-10(14(18)19)12(11(7-9)15(20)21)8-4-2-1-3-5-8/h1-7H,(H,16,17). The lowest BCUT2D eigenvalue weighted by atomic mass is 9.99. The van der Waals surface area contributed by atoms with Crippen molar-refractivity contribution in [3.05, 3.63) is 68.3 Å². The van der Waals surface area contributed by atoms with Crippen LogP contribution in [0.5, 0.6) is 0 Å². The van der Waals surface area contributed by atoms with Crippen molar-refractivity contribution in [2.75, 3.05) is 0 Å². The van der Waals surface area contributed by atoms with Crippen molar-refractivity contribution >= 4 is 17.3 Å². The van der Waals surface area contributed by atoms with E-state index in [4.69, 9.17) is 5.11 Å². The molecule has 106 valence electrons. The Balaban J connectivity index is 2.86. The number of nitro benzene ring substituents is 2. The third-order valence-electron chi connectivity index (χ3n) is 2.80. The summed E-state index contributed by atoms with van der Waals surface area (Å²) >= 11 is 0. The maximum absolute atomic E-state index is 11.1. The molecule has 2 rings (SSSR count). The number of hydrogen-bond donors (Lipinski definition) is 1. The van der Waals surface area contributed by atoms with Gasteiger partial charge in [0.25, 0.3) is 11.4 Å². The molecule has 8 heteroatoms. The van der Waals surface area contributed by atoms with E-state index < -0.39 is 32.8 Å². The van der Waals surface area contributed by atoms with Gasteiger partial charge in [0.05, 0.1) is 15.4 Å². The molecular weight excluding hydrogens is 280 g/mol. The average Bonchev–Trinajstić information content (AvgIpc) is 2.46. The lowest BCUT2D eigenvalue weighted by Gasteiger charge is -2.06. The Morgan fingerprint density at radius 1 is 0.952 bits per heavy atom. The number of hydrogen-bond acceptors (Lipinski definition) is 5. The number of nitro groups is 2. The molecule has 0 spiro atoms. The Labute approximate surface area is 117 Å². The van der Waals surface area contributed by atoms with Gasteiger partial charge in [-0.2, -0.15) is 0 Å². The zero-order valence-electron chi connectivity index (χ0n) is 10.4. The number of benzene rings is 2. The van der Waals surface area contributed by atoms with Crippen LogP contribution in [0.2, 0.25) is 0 Å². The number of carboxylic acids is 1. The van der Waals surface area contributed by atoms with Gasteiger partial charge in [-0.25, -0.2) is 4.79 Å². The summed E-state index contributed by atoms with van der Waals surface area (Å²) in [5, 5.41) is 31.2. The molecule has 2 aromatic rings. The molecule has 8 nitrogen and oxygen atoms in total. The summed E-state index contributed by atoms with van der Waals surface area (Å²) in [6, 6.07) is 9.41. The Hall–Kier alpha value is -3.29. The fraction of sp³-hybridized carbons (Fsp3) is 0. The van der Waals surface area contributed by atoms with E-state index in [2.05, 4.69) is 0 Å². The highest BCUT2D eigenvalue weighted by atomic mass is 16.6. The SMILES string of the molecule is O=C(O)c1cc([N+](=O)[O-])c(-c2ccccc2)c([N+](=O)[O-])c1. The molecular formula is C13H8N2O6. The van der Waals surface area contributed by atoms with Crippen molar-refractivity contribution < 1.29 is 19.7 Å². The second-order valence-corrected chi connectivity index (χ2v) is 4.07. The molecule has 1 N–H and O–H groups in total. The number of carboxylic acid groups (broad SMARTS) is 1. The molecule has 0 saturated carbocycles. The number of carbonyl (C=O) groups is 1. The molecule has 0 aliphatic rings. The first-order chi connectivity index (χ1) is 9.91. The summed E-state index contributed by atoms with van der Waals surface area (Å²) < 4.78 is 0. The molecule has 0 amide bonds. The van der Waals surface area contributed by atoms with Crippen LogP contribution in [0, 0.1) is 20.2 Å². The Morgan fingerprint density at radius 2 is 1.43 bits per heavy atom. The van der Waals surface area contributed by atoms with Crippen LogP contribution >= 0.6 is 0 Å². The monoisotopic (exact) mass is 288 g/mol. The molecule has 0 heterocycles. The van der Waals surface area contributed by atoms with E-state index in [1.165, 1.54) is 12.1 Å². The maximum atomic E-state index is 11.1. The van der Waals surface area contributed by atoms with E-state index in [-0.39, 0.29) is 11.1 Å². The van der Waals surface area contributed by atoms with Crippen LogP contribution in [0.15, 0.2) is 42.5 Å². The predicted molar refractivity (Wildman–Crippen MR) is 72.1 cm³/mol. The summed E-state index contributed by atoms with van der Waals surface area (Å²) in [5.74, 6) is -1.47. The third-order valence-corrected chi connectivity index (χ3v) is 2.80. The molecule has 0 atom stereocenters. The van der Waals surface area contributed by atoms with Crippen molar-refractivity contribution in [2.45, 2.75) is 0 Å². The molecule has 2 aromatic carbocycles. The Morgan fingerprint density at radius 3 is 1.81 bits per heavy atom. The van der Waals surface area contributed by atoms with Gasteiger partial charge in [-0.15, -0.1) is 0 Å². The lowest BCUT2D eigenvalue weighted by molar-refractivity contribution is -0.392. The van der Waals surface area contributed by atoms with Gasteiger partial charge < -0.3 is 5.11 Å². The topological polar surface area (TPSA) is 124 Å². The number of rotatable bonds is 4. The Bertz CT molecular complexity index is 707. The molecule has 0 unspecified atom stereocenters. The van der Waals surface area contributed by atoms with Crippen LogP contribution in [0.3, 0.4) is 0 Å². The van der Waals surface area contributed by atoms with Crippen LogP contribution in [0.25, 0.3) is 11.1 Å². The summed E-state index contributed by atoms with van der Waals surface area (Å²) in [6.07, 6.45) is 0. The van der Waals surface area contributed by atoms with E-state index in [1.54, 1.807) is 18.2 Å². The summed E-state index contributed by atoms with van der Waals surface area (Å²) in [6.45, 7) is 0. The molecule has 0 aliphatic heterocycles. The van der Waals surface area contributed by atoms with E-state index in [1.807, 2.05) is 0 Å². The first-order valence-corrected chi connectivity index (χ1v) is 5.67. The van der Waals surface area contributed by atoms with Gasteiger partial charge in [-0.05, 0) is 5.56 Å². The summed E-state index contributed by atoms with van der Waals surface area (Å²) in [5.41, 5.74) is -1.68. The molecule has 21 heavy (non-hydrogen) atoms. The van der Waals surface area contributed by atoms with Crippen LogP contribution in [0.4, 0.5) is 11.4 Å². The van der Waals surface area contributed by atoms with Crippen molar-refractivity contribution in [2.24, 2.45) is 0 Å². The number of aromatic carboxylic acids is 1. The smallest absolute Gasteiger partial charge is 0.336 e. The fourth-order valence-corrected chi connectivity index (χ4v) is 1.92. The molecule has 0 aliphatic carbocycles. The highest BCUT2D eigenvalue weighted by molar-refractivity contribution is 5.94. The van der Waals surface area contributed by atoms with Crippen LogP contribution < -0.4 is 0 Å². The van der Waals surface area contributed by atoms with Gasteiger partial charge in [0.15, 0.2) is 0 Å². The zero-order valence-corrected chi connectivity index (χ0v) is 10.4. The van der Waals surface area contributed by atoms with Gasteiger partial charge >= 0.3 is 5.97 Å². The van der Waals surface area contributed by atoms with Crippen molar-refractivity contribution in [3.63, 3.8) is 0 Å². The molecule has 0 fully saturated rings. The van der Waals surface area contributed by atoms with Crippen LogP contribution in [-0.2, 0) is 0 Å². The quantitative estimate of drug-likeness (QED) is 0.681. The molecule has 0 bridgehead atoms. The average molecular weight is 288 g/mol.